The molecule has 1 aromatic rings. The second-order valence-electron chi connectivity index (χ2n) is 8.02. The Bertz CT molecular complexity index is 902. The summed E-state index contributed by atoms with van der Waals surface area (Å²) in [4.78, 5) is 48.2. The average molecular weight is 502 g/mol. The van der Waals surface area contributed by atoms with Crippen LogP contribution in [0.1, 0.15) is 23.2 Å². The van der Waals surface area contributed by atoms with E-state index in [0.29, 0.717) is 13.1 Å². The van der Waals surface area contributed by atoms with Gasteiger partial charge >= 0.3 is 37.7 Å². The number of hydrogen-bond acceptors (Lipinski definition) is 11. The zero-order chi connectivity index (χ0) is 24.1. The number of fused-ring (bicyclic) bond motifs is 1. The summed E-state index contributed by atoms with van der Waals surface area (Å²) >= 11 is 0. The molecule has 2 saturated heterocycles. The maximum atomic E-state index is 12.3. The van der Waals surface area contributed by atoms with E-state index in [9.17, 15) is 29.4 Å². The predicted molar refractivity (Wildman–Crippen MR) is 118 cm³/mol. The normalized spacial score (nSPS) is 25.2. The zero-order valence-electron chi connectivity index (χ0n) is 18.7. The summed E-state index contributed by atoms with van der Waals surface area (Å²) < 4.78 is 0. The Morgan fingerprint density at radius 1 is 1.24 bits per heavy atom. The van der Waals surface area contributed by atoms with Crippen molar-refractivity contribution in [2.45, 2.75) is 43.4 Å². The van der Waals surface area contributed by atoms with Crippen molar-refractivity contribution >= 4 is 67.2 Å². The maximum Gasteiger partial charge on any atom is 2.00 e. The van der Waals surface area contributed by atoms with Crippen LogP contribution in [0.2, 0.25) is 0 Å². The van der Waals surface area contributed by atoms with Crippen molar-refractivity contribution in [2.24, 2.45) is 5.73 Å². The molecule has 0 radical (unpaired) electrons. The van der Waals surface area contributed by atoms with Crippen LogP contribution < -0.4 is 42.5 Å². The number of benzene rings is 1. The molecule has 13 nitrogen and oxygen atoms in total. The van der Waals surface area contributed by atoms with E-state index in [1.807, 2.05) is 11.9 Å². The van der Waals surface area contributed by atoms with Crippen molar-refractivity contribution in [3.63, 3.8) is 0 Å². The molecule has 0 saturated carbocycles. The summed E-state index contributed by atoms with van der Waals surface area (Å²) in [6, 6.07) is 4.51. The van der Waals surface area contributed by atoms with Gasteiger partial charge in [-0.15, -0.1) is 0 Å². The number of hydrogen-bond donors (Lipinski definition) is 6. The summed E-state index contributed by atoms with van der Waals surface area (Å²) in [5.74, 6) is -3.80. The Morgan fingerprint density at radius 3 is 2.53 bits per heavy atom. The number of carboxylic acids is 2. The van der Waals surface area contributed by atoms with Gasteiger partial charge in [-0.1, -0.05) is 0 Å². The SMILES string of the molecule is CN1C2C(=O)NC(N)NC2NC[C@@H]1CNc1ccc(C(=O)N[C@@H](CCC(=O)[O-])C(=O)[O-])cc1.[Ca+2]. The molecule has 1 aromatic carbocycles. The summed E-state index contributed by atoms with van der Waals surface area (Å²) in [7, 11) is 1.87. The molecule has 2 aliphatic heterocycles. The number of anilines is 1. The van der Waals surface area contributed by atoms with Gasteiger partial charge < -0.3 is 35.8 Å². The summed E-state index contributed by atoms with van der Waals surface area (Å²) in [5, 5.41) is 36.2. The molecule has 2 aliphatic rings. The number of carbonyl (C=O) groups is 4. The fourth-order valence-corrected chi connectivity index (χ4v) is 3.89. The molecule has 0 aliphatic carbocycles. The molecule has 7 N–H and O–H groups in total. The molecule has 180 valence electrons. The topological polar surface area (TPSA) is 204 Å². The largest absolute Gasteiger partial charge is 2.00 e. The third-order valence-corrected chi connectivity index (χ3v) is 5.75. The zero-order valence-corrected chi connectivity index (χ0v) is 20.9. The van der Waals surface area contributed by atoms with Crippen molar-refractivity contribution < 1.29 is 29.4 Å². The summed E-state index contributed by atoms with van der Waals surface area (Å²) in [6.45, 7) is 1.14. The van der Waals surface area contributed by atoms with Crippen LogP contribution in [-0.4, -0.2) is 117 Å². The van der Waals surface area contributed by atoms with Crippen molar-refractivity contribution in [3.05, 3.63) is 29.8 Å². The van der Waals surface area contributed by atoms with Crippen LogP contribution in [0.15, 0.2) is 24.3 Å². The summed E-state index contributed by atoms with van der Waals surface area (Å²) in [5.41, 5.74) is 6.68. The maximum absolute atomic E-state index is 12.3. The van der Waals surface area contributed by atoms with E-state index in [2.05, 4.69) is 26.6 Å². The second-order valence-corrected chi connectivity index (χ2v) is 8.02. The first-order valence-electron chi connectivity index (χ1n) is 10.5. The van der Waals surface area contributed by atoms with Gasteiger partial charge in [-0.25, -0.2) is 0 Å². The number of rotatable bonds is 9. The monoisotopic (exact) mass is 501 g/mol. The Hall–Kier alpha value is -2.00. The van der Waals surface area contributed by atoms with Crippen LogP contribution in [0.3, 0.4) is 0 Å². The van der Waals surface area contributed by atoms with Gasteiger partial charge in [0.1, 0.15) is 12.3 Å². The molecular formula is C20H27CaN7O6. The van der Waals surface area contributed by atoms with Gasteiger partial charge in [0, 0.05) is 36.4 Å². The van der Waals surface area contributed by atoms with E-state index in [1.54, 1.807) is 12.1 Å². The van der Waals surface area contributed by atoms with Gasteiger partial charge in [-0.05, 0) is 44.2 Å². The Balaban J connectivity index is 0.00000408. The van der Waals surface area contributed by atoms with Gasteiger partial charge in [-0.2, -0.15) is 0 Å². The van der Waals surface area contributed by atoms with Gasteiger partial charge in [0.05, 0.1) is 18.2 Å². The standard InChI is InChI=1S/C20H29N7O6.Ca/c1-27-12(9-23-16-15(27)18(31)26-20(21)25-16)8-22-11-4-2-10(3-5-11)17(30)24-13(19(32)33)6-7-14(28)29;/h2-5,12-13,15-16,20,22-23,25H,6-9,21H2,1H3,(H,24,30)(H,26,31)(H,28,29)(H,32,33);/q;+2/p-2/t12-,13-,15?,16?,20?;/m0./s1. The minimum absolute atomic E-state index is 0. The summed E-state index contributed by atoms with van der Waals surface area (Å²) in [6.07, 6.45) is -1.69. The van der Waals surface area contributed by atoms with Crippen LogP contribution in [-0.2, 0) is 14.4 Å². The average Bonchev–Trinajstić information content (AvgIpc) is 2.75. The van der Waals surface area contributed by atoms with Gasteiger partial charge in [0.25, 0.3) is 5.91 Å². The van der Waals surface area contributed by atoms with Crippen molar-refractivity contribution in [2.75, 3.05) is 25.5 Å². The van der Waals surface area contributed by atoms with Gasteiger partial charge in [0.15, 0.2) is 0 Å². The fraction of sp³-hybridized carbons (Fsp3) is 0.500. The van der Waals surface area contributed by atoms with E-state index < -0.39 is 42.6 Å². The van der Waals surface area contributed by atoms with Crippen molar-refractivity contribution in [1.82, 2.24) is 26.2 Å². The minimum atomic E-state index is -1.57. The molecule has 34 heavy (non-hydrogen) atoms. The number of nitrogens with two attached hydrogens (primary N) is 1. The Labute approximate surface area is 226 Å². The number of aliphatic carboxylic acids is 2. The number of carboxylic acid groups (broad SMARTS) is 2. The third kappa shape index (κ3) is 7.25. The van der Waals surface area contributed by atoms with E-state index in [0.717, 1.165) is 5.69 Å². The van der Waals surface area contributed by atoms with Crippen molar-refractivity contribution in [1.29, 1.82) is 0 Å². The van der Waals surface area contributed by atoms with Crippen LogP contribution in [0.4, 0.5) is 5.69 Å². The smallest absolute Gasteiger partial charge is 0.550 e. The molecule has 3 rings (SSSR count). The first-order valence-corrected chi connectivity index (χ1v) is 10.5. The Kier molecular flexibility index (Phi) is 10.5. The molecular weight excluding hydrogens is 474 g/mol. The number of carbonyl (C=O) groups excluding carboxylic acids is 4. The number of amides is 2. The van der Waals surface area contributed by atoms with Crippen LogP contribution in [0.5, 0.6) is 0 Å². The van der Waals surface area contributed by atoms with Crippen molar-refractivity contribution in [3.8, 4) is 0 Å². The first-order chi connectivity index (χ1) is 15.7. The van der Waals surface area contributed by atoms with Crippen LogP contribution >= 0.6 is 0 Å². The van der Waals surface area contributed by atoms with Gasteiger partial charge in [0.2, 0.25) is 5.91 Å². The number of nitrogens with zero attached hydrogens (tertiary/aromatic N) is 1. The molecule has 2 fully saturated rings. The first kappa shape index (κ1) is 28.2. The number of piperazine rings is 1. The quantitative estimate of drug-likeness (QED) is 0.176. The van der Waals surface area contributed by atoms with Crippen LogP contribution in [0.25, 0.3) is 0 Å². The van der Waals surface area contributed by atoms with E-state index in [4.69, 9.17) is 5.73 Å². The predicted octanol–water partition coefficient (Wildman–Crippen LogP) is -5.34. The molecule has 14 heteroatoms. The van der Waals surface area contributed by atoms with Gasteiger partial charge in [-0.3, -0.25) is 30.9 Å². The van der Waals surface area contributed by atoms with E-state index >= 15 is 0 Å². The molecule has 0 spiro atoms. The minimum Gasteiger partial charge on any atom is -0.550 e. The molecule has 3 unspecified atom stereocenters. The Morgan fingerprint density at radius 2 is 1.91 bits per heavy atom. The molecule has 2 amide bonds. The molecule has 2 heterocycles. The second kappa shape index (κ2) is 12.6. The molecule has 5 atom stereocenters. The number of likely N-dealkylation sites (N-methyl/N-ethyl adjacent to an activating group) is 1. The number of nitrogens with one attached hydrogen (secondary N) is 5. The van der Waals surface area contributed by atoms with E-state index in [1.165, 1.54) is 12.1 Å². The molecule has 0 bridgehead atoms. The molecule has 0 aromatic heterocycles. The third-order valence-electron chi connectivity index (χ3n) is 5.75. The van der Waals surface area contributed by atoms with Crippen LogP contribution in [0, 0.1) is 0 Å². The fourth-order valence-electron chi connectivity index (χ4n) is 3.89. The van der Waals surface area contributed by atoms with E-state index in [-0.39, 0.29) is 67.8 Å².